The number of carbonyl (C=O) groups excluding carboxylic acids is 3. The first-order valence-corrected chi connectivity index (χ1v) is 13.5. The van der Waals surface area contributed by atoms with Gasteiger partial charge in [-0.2, -0.15) is 0 Å². The molecule has 3 amide bonds. The topological polar surface area (TPSA) is 148 Å². The molecule has 2 heterocycles. The van der Waals surface area contributed by atoms with Gasteiger partial charge in [0, 0.05) is 37.7 Å². The SMILES string of the molecule is CC(=O)Nc1ccc(C2CCN(C(=O)[C@@H]3CCCN3)C2(c2ccc(NC(C)=O)cc2)P(=O)(O)O)cc1. The number of anilines is 2. The van der Waals surface area contributed by atoms with Crippen LogP contribution in [0, 0.1) is 0 Å². The Balaban J connectivity index is 1.85. The third kappa shape index (κ3) is 4.82. The molecule has 2 aromatic carbocycles. The normalized spacial score (nSPS) is 23.9. The summed E-state index contributed by atoms with van der Waals surface area (Å²) in [7, 11) is -4.99. The van der Waals surface area contributed by atoms with E-state index in [0.29, 0.717) is 41.9 Å². The van der Waals surface area contributed by atoms with Crippen molar-refractivity contribution in [1.82, 2.24) is 10.2 Å². The summed E-state index contributed by atoms with van der Waals surface area (Å²) in [5.41, 5.74) is 1.99. The Labute approximate surface area is 209 Å². The summed E-state index contributed by atoms with van der Waals surface area (Å²) in [6.07, 6.45) is 1.76. The molecule has 0 spiro atoms. The highest BCUT2D eigenvalue weighted by molar-refractivity contribution is 7.53. The Kier molecular flexibility index (Phi) is 7.33. The molecule has 0 aliphatic carbocycles. The van der Waals surface area contributed by atoms with Crippen molar-refractivity contribution in [2.75, 3.05) is 23.7 Å². The van der Waals surface area contributed by atoms with Gasteiger partial charge in [-0.1, -0.05) is 24.3 Å². The number of hydrogen-bond donors (Lipinski definition) is 5. The Morgan fingerprint density at radius 1 is 0.944 bits per heavy atom. The van der Waals surface area contributed by atoms with Crippen LogP contribution in [-0.4, -0.2) is 51.5 Å². The number of nitrogens with one attached hydrogen (secondary N) is 3. The van der Waals surface area contributed by atoms with E-state index in [4.69, 9.17) is 0 Å². The van der Waals surface area contributed by atoms with Crippen LogP contribution in [0.5, 0.6) is 0 Å². The monoisotopic (exact) mass is 514 g/mol. The second kappa shape index (κ2) is 10.1. The number of carbonyl (C=O) groups is 3. The summed E-state index contributed by atoms with van der Waals surface area (Å²) in [6, 6.07) is 12.6. The van der Waals surface area contributed by atoms with Gasteiger partial charge in [-0.15, -0.1) is 0 Å². The van der Waals surface area contributed by atoms with Crippen molar-refractivity contribution in [3.63, 3.8) is 0 Å². The molecule has 2 fully saturated rings. The zero-order chi connectivity index (χ0) is 26.1. The van der Waals surface area contributed by atoms with E-state index in [9.17, 15) is 28.7 Å². The standard InChI is InChI=1S/C25H31N4O6P/c1-16(30)27-20-9-5-18(6-10-20)22-13-15-29(24(32)23-4-3-14-26-23)25(22,36(33,34)35)19-7-11-21(12-8-19)28-17(2)31/h5-12,22-23,26H,3-4,13-15H2,1-2H3,(H,27,30)(H,28,31)(H2,33,34,35)/t22?,23-,25?/m0/s1. The van der Waals surface area contributed by atoms with Gasteiger partial charge in [0.15, 0.2) is 5.28 Å². The van der Waals surface area contributed by atoms with Crippen molar-refractivity contribution in [3.8, 4) is 0 Å². The summed E-state index contributed by atoms with van der Waals surface area (Å²) in [5, 5.41) is 6.57. The highest BCUT2D eigenvalue weighted by atomic mass is 31.2. The van der Waals surface area contributed by atoms with E-state index in [2.05, 4.69) is 16.0 Å². The lowest BCUT2D eigenvalue weighted by Gasteiger charge is -2.44. The third-order valence-electron chi connectivity index (χ3n) is 6.87. The fourth-order valence-electron chi connectivity index (χ4n) is 5.47. The number of hydrogen-bond acceptors (Lipinski definition) is 5. The van der Waals surface area contributed by atoms with E-state index >= 15 is 0 Å². The molecule has 2 saturated heterocycles. The quantitative estimate of drug-likeness (QED) is 0.372. The van der Waals surface area contributed by atoms with Crippen LogP contribution in [0.15, 0.2) is 48.5 Å². The predicted molar refractivity (Wildman–Crippen MR) is 135 cm³/mol. The fourth-order valence-corrected chi connectivity index (χ4v) is 7.15. The van der Waals surface area contributed by atoms with Gasteiger partial charge in [0.2, 0.25) is 17.7 Å². The molecule has 0 bridgehead atoms. The number of benzene rings is 2. The highest BCUT2D eigenvalue weighted by Gasteiger charge is 2.63. The van der Waals surface area contributed by atoms with E-state index in [1.165, 1.54) is 18.7 Å². The van der Waals surface area contributed by atoms with Gasteiger partial charge in [0.25, 0.3) is 0 Å². The van der Waals surface area contributed by atoms with Crippen molar-refractivity contribution in [3.05, 3.63) is 59.7 Å². The first-order valence-electron chi connectivity index (χ1n) is 11.9. The minimum Gasteiger partial charge on any atom is -0.326 e. The zero-order valence-electron chi connectivity index (χ0n) is 20.2. The number of rotatable bonds is 6. The lowest BCUT2D eigenvalue weighted by molar-refractivity contribution is -0.136. The van der Waals surface area contributed by atoms with E-state index in [0.717, 1.165) is 6.42 Å². The molecule has 3 atom stereocenters. The van der Waals surface area contributed by atoms with Gasteiger partial charge in [-0.25, -0.2) is 0 Å². The van der Waals surface area contributed by atoms with Gasteiger partial charge in [0.05, 0.1) is 6.04 Å². The van der Waals surface area contributed by atoms with Crippen LogP contribution in [0.25, 0.3) is 0 Å². The van der Waals surface area contributed by atoms with Crippen LogP contribution < -0.4 is 16.0 Å². The summed E-state index contributed by atoms with van der Waals surface area (Å²) >= 11 is 0. The van der Waals surface area contributed by atoms with Crippen molar-refractivity contribution in [2.24, 2.45) is 0 Å². The maximum Gasteiger partial charge on any atom is 0.356 e. The maximum absolute atomic E-state index is 13.7. The van der Waals surface area contributed by atoms with Gasteiger partial charge in [-0.05, 0) is 61.2 Å². The molecule has 0 radical (unpaired) electrons. The van der Waals surface area contributed by atoms with Crippen LogP contribution in [0.3, 0.4) is 0 Å². The molecule has 36 heavy (non-hydrogen) atoms. The molecule has 2 unspecified atom stereocenters. The molecule has 4 rings (SSSR count). The van der Waals surface area contributed by atoms with E-state index in [1.54, 1.807) is 48.5 Å². The minimum atomic E-state index is -4.99. The van der Waals surface area contributed by atoms with Crippen LogP contribution in [0.4, 0.5) is 11.4 Å². The molecule has 0 saturated carbocycles. The summed E-state index contributed by atoms with van der Waals surface area (Å²) < 4.78 is 13.5. The Morgan fingerprint density at radius 2 is 1.50 bits per heavy atom. The fraction of sp³-hybridized carbons (Fsp3) is 0.400. The van der Waals surface area contributed by atoms with Crippen LogP contribution >= 0.6 is 7.60 Å². The molecule has 2 aliphatic rings. The van der Waals surface area contributed by atoms with Crippen molar-refractivity contribution in [2.45, 2.75) is 50.3 Å². The Morgan fingerprint density at radius 3 is 1.97 bits per heavy atom. The summed E-state index contributed by atoms with van der Waals surface area (Å²) in [4.78, 5) is 59.9. The number of nitrogens with zero attached hydrogens (tertiary/aromatic N) is 1. The first-order chi connectivity index (χ1) is 17.0. The molecular weight excluding hydrogens is 483 g/mol. The van der Waals surface area contributed by atoms with E-state index < -0.39 is 24.8 Å². The summed E-state index contributed by atoms with van der Waals surface area (Å²) in [5.74, 6) is -1.54. The molecule has 10 nitrogen and oxygen atoms in total. The number of likely N-dealkylation sites (tertiary alicyclic amines) is 1. The molecule has 192 valence electrons. The average molecular weight is 515 g/mol. The largest absolute Gasteiger partial charge is 0.356 e. The maximum atomic E-state index is 13.7. The zero-order valence-corrected chi connectivity index (χ0v) is 21.1. The minimum absolute atomic E-state index is 0.174. The van der Waals surface area contributed by atoms with Gasteiger partial charge in [0.1, 0.15) is 0 Å². The van der Waals surface area contributed by atoms with Crippen LogP contribution in [-0.2, 0) is 24.2 Å². The molecule has 2 aromatic rings. The Bertz CT molecular complexity index is 1190. The Hall–Kier alpha value is -3.04. The first kappa shape index (κ1) is 26.0. The third-order valence-corrected chi connectivity index (χ3v) is 8.57. The van der Waals surface area contributed by atoms with Gasteiger partial charge >= 0.3 is 7.60 Å². The van der Waals surface area contributed by atoms with Gasteiger partial charge < -0.3 is 30.6 Å². The molecule has 0 aromatic heterocycles. The van der Waals surface area contributed by atoms with Crippen LogP contribution in [0.2, 0.25) is 0 Å². The molecule has 11 heteroatoms. The smallest absolute Gasteiger partial charge is 0.326 e. The molecule has 5 N–H and O–H groups in total. The molecular formula is C25H31N4O6P. The van der Waals surface area contributed by atoms with E-state index in [1.807, 2.05) is 0 Å². The second-order valence-corrected chi connectivity index (χ2v) is 11.1. The summed E-state index contributed by atoms with van der Waals surface area (Å²) in [6.45, 7) is 3.62. The molecule has 2 aliphatic heterocycles. The van der Waals surface area contributed by atoms with Crippen molar-refractivity contribution in [1.29, 1.82) is 0 Å². The number of amides is 3. The van der Waals surface area contributed by atoms with Crippen molar-refractivity contribution >= 4 is 36.7 Å². The predicted octanol–water partition coefficient (Wildman–Crippen LogP) is 2.70. The second-order valence-electron chi connectivity index (χ2n) is 9.31. The van der Waals surface area contributed by atoms with E-state index in [-0.39, 0.29) is 24.3 Å². The average Bonchev–Trinajstić information content (AvgIpc) is 3.48. The highest BCUT2D eigenvalue weighted by Crippen LogP contribution is 2.68. The van der Waals surface area contributed by atoms with Crippen molar-refractivity contribution < 1.29 is 28.7 Å². The van der Waals surface area contributed by atoms with Gasteiger partial charge in [-0.3, -0.25) is 18.9 Å². The van der Waals surface area contributed by atoms with Crippen LogP contribution in [0.1, 0.15) is 50.2 Å². The lowest BCUT2D eigenvalue weighted by Crippen LogP contribution is -2.52. The lowest BCUT2D eigenvalue weighted by atomic mass is 9.86.